The third-order valence-corrected chi connectivity index (χ3v) is 4.80. The molecule has 3 aromatic carbocycles. The number of hydrogen-bond acceptors (Lipinski definition) is 4. The zero-order valence-corrected chi connectivity index (χ0v) is 16.0. The van der Waals surface area contributed by atoms with Crippen molar-refractivity contribution in [3.8, 4) is 34.1 Å². The Hall–Kier alpha value is -4.02. The normalized spacial score (nSPS) is 10.6. The van der Waals surface area contributed by atoms with E-state index in [4.69, 9.17) is 11.6 Å². The molecule has 4 aromatic rings. The Balaban J connectivity index is 1.97. The second-order valence-electron chi connectivity index (χ2n) is 6.38. The molecule has 0 bridgehead atoms. The second kappa shape index (κ2) is 7.78. The molecule has 0 aliphatic carbocycles. The molecule has 0 saturated carbocycles. The number of nitro benzene ring substituents is 1. The van der Waals surface area contributed by atoms with E-state index in [1.54, 1.807) is 36.4 Å². The number of hydrogen-bond donors (Lipinski definition) is 0. The summed E-state index contributed by atoms with van der Waals surface area (Å²) in [7, 11) is 0. The first-order valence-corrected chi connectivity index (χ1v) is 9.15. The van der Waals surface area contributed by atoms with Crippen LogP contribution in [0, 0.1) is 27.3 Å². The molecule has 0 radical (unpaired) electrons. The smallest absolute Gasteiger partial charge is 0.258 e. The minimum atomic E-state index is -0.499. The molecule has 1 heterocycles. The highest BCUT2D eigenvalue weighted by molar-refractivity contribution is 6.30. The number of rotatable bonds is 4. The van der Waals surface area contributed by atoms with E-state index >= 15 is 0 Å². The Morgan fingerprint density at radius 2 is 1.57 bits per heavy atom. The van der Waals surface area contributed by atoms with Crippen molar-refractivity contribution in [2.24, 2.45) is 0 Å². The van der Waals surface area contributed by atoms with Crippen molar-refractivity contribution in [1.82, 2.24) is 9.78 Å². The Bertz CT molecular complexity index is 1280. The summed E-state index contributed by atoms with van der Waals surface area (Å²) in [4.78, 5) is 10.4. The monoisotopic (exact) mass is 418 g/mol. The van der Waals surface area contributed by atoms with Crippen molar-refractivity contribution in [3.05, 3.63) is 99.4 Å². The molecule has 8 heteroatoms. The Labute approximate surface area is 175 Å². The number of nitrogens with zero attached hydrogens (tertiary/aromatic N) is 4. The first kappa shape index (κ1) is 19.3. The molecule has 1 aromatic heterocycles. The average Bonchev–Trinajstić information content (AvgIpc) is 3.14. The summed E-state index contributed by atoms with van der Waals surface area (Å²) in [5, 5.41) is 26.0. The fraction of sp³-hybridized carbons (Fsp3) is 0. The van der Waals surface area contributed by atoms with E-state index in [-0.39, 0.29) is 17.2 Å². The molecular weight excluding hydrogens is 407 g/mol. The number of nitro groups is 1. The Kier molecular flexibility index (Phi) is 5.00. The molecule has 146 valence electrons. The molecule has 30 heavy (non-hydrogen) atoms. The van der Waals surface area contributed by atoms with E-state index in [1.807, 2.05) is 0 Å². The van der Waals surface area contributed by atoms with Crippen LogP contribution in [-0.2, 0) is 0 Å². The number of benzene rings is 3. The predicted octanol–water partition coefficient (Wildman–Crippen LogP) is 5.78. The van der Waals surface area contributed by atoms with E-state index < -0.39 is 4.92 Å². The van der Waals surface area contributed by atoms with Gasteiger partial charge in [-0.1, -0.05) is 23.7 Å². The summed E-state index contributed by atoms with van der Waals surface area (Å²) < 4.78 is 14.9. The van der Waals surface area contributed by atoms with Crippen molar-refractivity contribution in [2.75, 3.05) is 0 Å². The third-order valence-electron chi connectivity index (χ3n) is 4.55. The standard InChI is InChI=1S/C22H12ClFN4O2/c23-16-5-1-14(2-6-16)21-20(13-25)27(18-9-11-19(12-10-18)28(29)30)26-22(21)15-3-7-17(24)8-4-15/h1-12H. The summed E-state index contributed by atoms with van der Waals surface area (Å²) in [6.07, 6.45) is 0. The van der Waals surface area contributed by atoms with E-state index in [1.165, 1.54) is 41.1 Å². The molecule has 0 atom stereocenters. The molecule has 6 nitrogen and oxygen atoms in total. The zero-order valence-electron chi connectivity index (χ0n) is 15.3. The van der Waals surface area contributed by atoms with Crippen LogP contribution in [0.2, 0.25) is 5.02 Å². The van der Waals surface area contributed by atoms with Gasteiger partial charge < -0.3 is 0 Å². The SMILES string of the molecule is N#Cc1c(-c2ccc(Cl)cc2)c(-c2ccc(F)cc2)nn1-c1ccc([N+](=O)[O-])cc1. The van der Waals surface area contributed by atoms with Crippen LogP contribution in [0.4, 0.5) is 10.1 Å². The summed E-state index contributed by atoms with van der Waals surface area (Å²) in [5.74, 6) is -0.387. The van der Waals surface area contributed by atoms with Crippen LogP contribution in [0.1, 0.15) is 5.69 Å². The Morgan fingerprint density at radius 3 is 2.13 bits per heavy atom. The number of halogens is 2. The second-order valence-corrected chi connectivity index (χ2v) is 6.82. The molecule has 0 saturated heterocycles. The van der Waals surface area contributed by atoms with Crippen molar-refractivity contribution in [3.63, 3.8) is 0 Å². The predicted molar refractivity (Wildman–Crippen MR) is 111 cm³/mol. The van der Waals surface area contributed by atoms with Gasteiger partial charge in [0.1, 0.15) is 17.6 Å². The lowest BCUT2D eigenvalue weighted by Crippen LogP contribution is -2.00. The molecule has 0 aliphatic rings. The zero-order chi connectivity index (χ0) is 21.3. The van der Waals surface area contributed by atoms with Crippen LogP contribution in [0.25, 0.3) is 28.1 Å². The van der Waals surface area contributed by atoms with Gasteiger partial charge in [0.2, 0.25) is 0 Å². The Morgan fingerprint density at radius 1 is 0.967 bits per heavy atom. The molecule has 0 amide bonds. The number of non-ortho nitro benzene ring substituents is 1. The minimum absolute atomic E-state index is 0.0684. The molecular formula is C22H12ClFN4O2. The lowest BCUT2D eigenvalue weighted by atomic mass is 9.99. The van der Waals surface area contributed by atoms with Gasteiger partial charge in [-0.3, -0.25) is 10.1 Å². The van der Waals surface area contributed by atoms with E-state index in [0.717, 1.165) is 0 Å². The van der Waals surface area contributed by atoms with Crippen molar-refractivity contribution >= 4 is 17.3 Å². The van der Waals surface area contributed by atoms with E-state index in [9.17, 15) is 19.8 Å². The fourth-order valence-corrected chi connectivity index (χ4v) is 3.25. The maximum absolute atomic E-state index is 13.4. The van der Waals surface area contributed by atoms with Crippen LogP contribution >= 0.6 is 11.6 Å². The van der Waals surface area contributed by atoms with Gasteiger partial charge in [0.05, 0.1) is 10.6 Å². The van der Waals surface area contributed by atoms with Crippen molar-refractivity contribution in [2.45, 2.75) is 0 Å². The van der Waals surface area contributed by atoms with Crippen molar-refractivity contribution in [1.29, 1.82) is 5.26 Å². The molecule has 0 N–H and O–H groups in total. The number of nitriles is 1. The minimum Gasteiger partial charge on any atom is -0.258 e. The van der Waals surface area contributed by atoms with Gasteiger partial charge in [0.15, 0.2) is 5.69 Å². The van der Waals surface area contributed by atoms with E-state index in [2.05, 4.69) is 11.2 Å². The topological polar surface area (TPSA) is 84.8 Å². The van der Waals surface area contributed by atoms with Gasteiger partial charge in [-0.25, -0.2) is 9.07 Å². The lowest BCUT2D eigenvalue weighted by molar-refractivity contribution is -0.384. The highest BCUT2D eigenvalue weighted by atomic mass is 35.5. The van der Waals surface area contributed by atoms with Gasteiger partial charge in [-0.15, -0.1) is 0 Å². The quantitative estimate of drug-likeness (QED) is 0.310. The van der Waals surface area contributed by atoms with E-state index in [0.29, 0.717) is 33.1 Å². The molecule has 0 spiro atoms. The fourth-order valence-electron chi connectivity index (χ4n) is 3.12. The molecule has 0 aliphatic heterocycles. The lowest BCUT2D eigenvalue weighted by Gasteiger charge is -2.05. The van der Waals surface area contributed by atoms with Gasteiger partial charge in [0, 0.05) is 28.3 Å². The summed E-state index contributed by atoms with van der Waals surface area (Å²) >= 11 is 6.01. The largest absolute Gasteiger partial charge is 0.269 e. The van der Waals surface area contributed by atoms with Crippen molar-refractivity contribution < 1.29 is 9.31 Å². The van der Waals surface area contributed by atoms with Crippen LogP contribution in [0.15, 0.2) is 72.8 Å². The number of aromatic nitrogens is 2. The summed E-state index contributed by atoms with van der Waals surface area (Å²) in [6, 6.07) is 20.7. The van der Waals surface area contributed by atoms with Gasteiger partial charge in [-0.05, 0) is 54.1 Å². The van der Waals surface area contributed by atoms with Gasteiger partial charge in [0.25, 0.3) is 5.69 Å². The van der Waals surface area contributed by atoms with Crippen LogP contribution < -0.4 is 0 Å². The molecule has 0 fully saturated rings. The first-order valence-electron chi connectivity index (χ1n) is 8.78. The van der Waals surface area contributed by atoms with Crippen LogP contribution in [0.5, 0.6) is 0 Å². The van der Waals surface area contributed by atoms with Gasteiger partial charge >= 0.3 is 0 Å². The summed E-state index contributed by atoms with van der Waals surface area (Å²) in [6.45, 7) is 0. The first-order chi connectivity index (χ1) is 14.5. The maximum Gasteiger partial charge on any atom is 0.269 e. The maximum atomic E-state index is 13.4. The van der Waals surface area contributed by atoms with Crippen LogP contribution in [-0.4, -0.2) is 14.7 Å². The molecule has 4 rings (SSSR count). The highest BCUT2D eigenvalue weighted by Crippen LogP contribution is 2.36. The van der Waals surface area contributed by atoms with Gasteiger partial charge in [-0.2, -0.15) is 10.4 Å². The third kappa shape index (κ3) is 3.52. The average molecular weight is 419 g/mol. The van der Waals surface area contributed by atoms with Crippen LogP contribution in [0.3, 0.4) is 0 Å². The molecule has 0 unspecified atom stereocenters. The highest BCUT2D eigenvalue weighted by Gasteiger charge is 2.22. The summed E-state index contributed by atoms with van der Waals surface area (Å²) in [5.41, 5.74) is 3.03.